The first-order valence-corrected chi connectivity index (χ1v) is 5.63. The summed E-state index contributed by atoms with van der Waals surface area (Å²) in [6.07, 6.45) is 4.29. The lowest BCUT2D eigenvalue weighted by molar-refractivity contribution is 1.13. The van der Waals surface area contributed by atoms with E-state index in [-0.39, 0.29) is 4.99 Å². The van der Waals surface area contributed by atoms with Crippen LogP contribution in [0, 0.1) is 11.3 Å². The minimum absolute atomic E-state index is 0.152. The smallest absolute Gasteiger partial charge is 0.114 e. The van der Waals surface area contributed by atoms with Crippen LogP contribution in [0.4, 0.5) is 0 Å². The third-order valence-electron chi connectivity index (χ3n) is 2.66. The highest BCUT2D eigenvalue weighted by atomic mass is 32.1. The Morgan fingerprint density at radius 2 is 2.25 bits per heavy atom. The Balaban J connectivity index is 2.30. The second-order valence-electron chi connectivity index (χ2n) is 3.98. The van der Waals surface area contributed by atoms with E-state index in [1.165, 1.54) is 18.4 Å². The highest BCUT2D eigenvalue weighted by Crippen LogP contribution is 2.40. The van der Waals surface area contributed by atoms with Crippen LogP contribution in [0.25, 0.3) is 6.08 Å². The summed E-state index contributed by atoms with van der Waals surface area (Å²) in [5.41, 5.74) is 8.15. The van der Waals surface area contributed by atoms with Gasteiger partial charge in [-0.2, -0.15) is 5.26 Å². The minimum Gasteiger partial charge on any atom is -0.389 e. The number of nitrogens with two attached hydrogens (primary N) is 1. The Morgan fingerprint density at radius 3 is 2.81 bits per heavy atom. The van der Waals surface area contributed by atoms with Crippen LogP contribution in [0.2, 0.25) is 0 Å². The molecular weight excluding hydrogens is 216 g/mol. The summed E-state index contributed by atoms with van der Waals surface area (Å²) < 4.78 is 0. The molecule has 2 nitrogen and oxygen atoms in total. The first kappa shape index (κ1) is 10.8. The molecule has 0 amide bonds. The zero-order valence-corrected chi connectivity index (χ0v) is 9.63. The zero-order chi connectivity index (χ0) is 11.5. The first-order chi connectivity index (χ1) is 7.70. The van der Waals surface area contributed by atoms with Crippen LogP contribution >= 0.6 is 12.2 Å². The van der Waals surface area contributed by atoms with Crippen LogP contribution in [-0.4, -0.2) is 4.99 Å². The van der Waals surface area contributed by atoms with Gasteiger partial charge in [-0.1, -0.05) is 36.5 Å². The number of thiocarbonyl (C=S) groups is 1. The van der Waals surface area contributed by atoms with Crippen LogP contribution in [-0.2, 0) is 0 Å². The average Bonchev–Trinajstić information content (AvgIpc) is 3.09. The Bertz CT molecular complexity index is 493. The quantitative estimate of drug-likeness (QED) is 0.491. The van der Waals surface area contributed by atoms with Gasteiger partial charge in [0.05, 0.1) is 5.57 Å². The molecule has 80 valence electrons. The Morgan fingerprint density at radius 1 is 1.50 bits per heavy atom. The monoisotopic (exact) mass is 228 g/mol. The summed E-state index contributed by atoms with van der Waals surface area (Å²) in [4.78, 5) is 0.152. The van der Waals surface area contributed by atoms with Crippen LogP contribution in [0.3, 0.4) is 0 Å². The van der Waals surface area contributed by atoms with Crippen molar-refractivity contribution in [3.8, 4) is 6.07 Å². The van der Waals surface area contributed by atoms with Gasteiger partial charge in [0.15, 0.2) is 0 Å². The number of nitriles is 1. The Labute approximate surface area is 100 Å². The summed E-state index contributed by atoms with van der Waals surface area (Å²) in [6, 6.07) is 10.2. The predicted octanol–water partition coefficient (Wildman–Crippen LogP) is 2.76. The van der Waals surface area contributed by atoms with Crippen molar-refractivity contribution in [2.75, 3.05) is 0 Å². The fraction of sp³-hybridized carbons (Fsp3) is 0.231. The van der Waals surface area contributed by atoms with E-state index in [2.05, 4.69) is 12.1 Å². The van der Waals surface area contributed by atoms with Crippen molar-refractivity contribution >= 4 is 23.3 Å². The van der Waals surface area contributed by atoms with E-state index in [4.69, 9.17) is 23.2 Å². The fourth-order valence-corrected chi connectivity index (χ4v) is 1.75. The zero-order valence-electron chi connectivity index (χ0n) is 8.81. The maximum absolute atomic E-state index is 8.86. The molecule has 3 heteroatoms. The van der Waals surface area contributed by atoms with Gasteiger partial charge in [0.1, 0.15) is 11.1 Å². The number of hydrogen-bond donors (Lipinski definition) is 1. The molecule has 1 aliphatic carbocycles. The minimum atomic E-state index is 0.152. The third kappa shape index (κ3) is 2.47. The molecule has 1 aromatic carbocycles. The molecule has 1 aliphatic rings. The molecule has 2 rings (SSSR count). The average molecular weight is 228 g/mol. The van der Waals surface area contributed by atoms with Crippen LogP contribution in [0.1, 0.15) is 29.9 Å². The fourth-order valence-electron chi connectivity index (χ4n) is 1.64. The van der Waals surface area contributed by atoms with Gasteiger partial charge in [-0.15, -0.1) is 0 Å². The van der Waals surface area contributed by atoms with Crippen molar-refractivity contribution in [1.82, 2.24) is 0 Å². The van der Waals surface area contributed by atoms with Crippen molar-refractivity contribution in [3.05, 3.63) is 41.0 Å². The molecule has 0 radical (unpaired) electrons. The molecule has 0 heterocycles. The number of benzene rings is 1. The van der Waals surface area contributed by atoms with Crippen LogP contribution in [0.15, 0.2) is 29.8 Å². The lowest BCUT2D eigenvalue weighted by Gasteiger charge is -2.00. The molecule has 0 unspecified atom stereocenters. The number of rotatable bonds is 3. The van der Waals surface area contributed by atoms with Crippen molar-refractivity contribution in [2.24, 2.45) is 5.73 Å². The molecule has 0 bridgehead atoms. The van der Waals surface area contributed by atoms with E-state index in [1.54, 1.807) is 6.08 Å². The summed E-state index contributed by atoms with van der Waals surface area (Å²) in [5.74, 6) is 0.712. The molecule has 0 saturated heterocycles. The molecule has 16 heavy (non-hydrogen) atoms. The largest absolute Gasteiger partial charge is 0.389 e. The maximum atomic E-state index is 8.86. The third-order valence-corrected chi connectivity index (χ3v) is 2.88. The summed E-state index contributed by atoms with van der Waals surface area (Å²) >= 11 is 4.80. The normalized spacial score (nSPS) is 15.6. The second kappa shape index (κ2) is 4.46. The van der Waals surface area contributed by atoms with Crippen LogP contribution in [0.5, 0.6) is 0 Å². The van der Waals surface area contributed by atoms with Gasteiger partial charge in [0, 0.05) is 0 Å². The SMILES string of the molecule is N#CC(=Cc1cccc(C2CC2)c1)C(N)=S. The van der Waals surface area contributed by atoms with Crippen molar-refractivity contribution in [2.45, 2.75) is 18.8 Å². The van der Waals surface area contributed by atoms with E-state index in [0.29, 0.717) is 11.5 Å². The van der Waals surface area contributed by atoms with Crippen molar-refractivity contribution < 1.29 is 0 Å². The Hall–Kier alpha value is -1.66. The van der Waals surface area contributed by atoms with E-state index in [1.807, 2.05) is 18.2 Å². The van der Waals surface area contributed by atoms with Gasteiger partial charge in [-0.05, 0) is 36.0 Å². The Kier molecular flexibility index (Phi) is 3.02. The molecule has 0 aromatic heterocycles. The highest BCUT2D eigenvalue weighted by molar-refractivity contribution is 7.80. The maximum Gasteiger partial charge on any atom is 0.114 e. The molecule has 0 aliphatic heterocycles. The van der Waals surface area contributed by atoms with Gasteiger partial charge in [0.2, 0.25) is 0 Å². The van der Waals surface area contributed by atoms with Gasteiger partial charge in [0.25, 0.3) is 0 Å². The van der Waals surface area contributed by atoms with E-state index < -0.39 is 0 Å². The molecule has 1 fully saturated rings. The summed E-state index contributed by atoms with van der Waals surface area (Å²) in [7, 11) is 0. The first-order valence-electron chi connectivity index (χ1n) is 5.22. The predicted molar refractivity (Wildman–Crippen MR) is 68.8 cm³/mol. The van der Waals surface area contributed by atoms with Gasteiger partial charge in [-0.3, -0.25) is 0 Å². The number of hydrogen-bond acceptors (Lipinski definition) is 2. The lowest BCUT2D eigenvalue weighted by atomic mass is 10.1. The second-order valence-corrected chi connectivity index (χ2v) is 4.42. The molecule has 0 atom stereocenters. The molecule has 1 aromatic rings. The molecular formula is C13H12N2S. The molecule has 0 spiro atoms. The standard InChI is InChI=1S/C13H12N2S/c14-8-12(13(15)16)7-9-2-1-3-11(6-9)10-4-5-10/h1-3,6-7,10H,4-5H2,(H2,15,16). The number of nitrogens with zero attached hydrogens (tertiary/aromatic N) is 1. The van der Waals surface area contributed by atoms with Crippen LogP contribution < -0.4 is 5.73 Å². The van der Waals surface area contributed by atoms with Gasteiger partial charge in [-0.25, -0.2) is 0 Å². The highest BCUT2D eigenvalue weighted by Gasteiger charge is 2.23. The molecule has 1 saturated carbocycles. The van der Waals surface area contributed by atoms with E-state index in [9.17, 15) is 0 Å². The van der Waals surface area contributed by atoms with Crippen molar-refractivity contribution in [3.63, 3.8) is 0 Å². The van der Waals surface area contributed by atoms with E-state index >= 15 is 0 Å². The van der Waals surface area contributed by atoms with Crippen molar-refractivity contribution in [1.29, 1.82) is 5.26 Å². The summed E-state index contributed by atoms with van der Waals surface area (Å²) in [6.45, 7) is 0. The lowest BCUT2D eigenvalue weighted by Crippen LogP contribution is -2.09. The topological polar surface area (TPSA) is 49.8 Å². The van der Waals surface area contributed by atoms with E-state index in [0.717, 1.165) is 5.56 Å². The van der Waals surface area contributed by atoms with Gasteiger partial charge >= 0.3 is 0 Å². The molecule has 2 N–H and O–H groups in total. The summed E-state index contributed by atoms with van der Waals surface area (Å²) in [5, 5.41) is 8.86. The van der Waals surface area contributed by atoms with Gasteiger partial charge < -0.3 is 5.73 Å².